The fraction of sp³-hybridized carbons (Fsp3) is 0.364. The topological polar surface area (TPSA) is 72.3 Å². The van der Waals surface area contributed by atoms with E-state index in [4.69, 9.17) is 0 Å². The Labute approximate surface area is 175 Å². The van der Waals surface area contributed by atoms with Gasteiger partial charge in [0.05, 0.1) is 15.8 Å². The standard InChI is InChI=1S/C22H24FN3O3S/c1-15-13-18(23)7-8-21(15)30(28,29)25-11-9-17(10-12-25)14-26-16(2)24-20-6-4-3-5-19(20)22(26)27/h3-8,13,17H,9-12,14H2,1-2H3. The molecule has 1 aliphatic rings. The third-order valence-corrected chi connectivity index (χ3v) is 7.88. The van der Waals surface area contributed by atoms with Gasteiger partial charge in [-0.3, -0.25) is 9.36 Å². The molecule has 158 valence electrons. The van der Waals surface area contributed by atoms with Crippen LogP contribution in [0.3, 0.4) is 0 Å². The molecule has 6 nitrogen and oxygen atoms in total. The predicted molar refractivity (Wildman–Crippen MR) is 113 cm³/mol. The molecule has 0 atom stereocenters. The van der Waals surface area contributed by atoms with Crippen molar-refractivity contribution in [2.75, 3.05) is 13.1 Å². The zero-order valence-corrected chi connectivity index (χ0v) is 17.8. The fourth-order valence-corrected chi connectivity index (χ4v) is 5.80. The first-order valence-corrected chi connectivity index (χ1v) is 11.4. The molecule has 1 aliphatic heterocycles. The van der Waals surface area contributed by atoms with Crippen molar-refractivity contribution in [3.63, 3.8) is 0 Å². The Morgan fingerprint density at radius 2 is 1.80 bits per heavy atom. The zero-order chi connectivity index (χ0) is 21.5. The van der Waals surface area contributed by atoms with Gasteiger partial charge in [-0.05, 0) is 68.5 Å². The normalized spacial score (nSPS) is 16.2. The molecule has 0 radical (unpaired) electrons. The number of rotatable bonds is 4. The Balaban J connectivity index is 1.50. The van der Waals surface area contributed by atoms with E-state index in [2.05, 4.69) is 4.98 Å². The van der Waals surface area contributed by atoms with Crippen molar-refractivity contribution < 1.29 is 12.8 Å². The predicted octanol–water partition coefficient (Wildman–Crippen LogP) is 3.25. The van der Waals surface area contributed by atoms with E-state index in [1.165, 1.54) is 22.5 Å². The van der Waals surface area contributed by atoms with Gasteiger partial charge in [0.15, 0.2) is 0 Å². The molecular formula is C22H24FN3O3S. The Hall–Kier alpha value is -2.58. The Morgan fingerprint density at radius 3 is 2.50 bits per heavy atom. The van der Waals surface area contributed by atoms with Crippen LogP contribution in [-0.2, 0) is 16.6 Å². The highest BCUT2D eigenvalue weighted by molar-refractivity contribution is 7.89. The lowest BCUT2D eigenvalue weighted by molar-refractivity contribution is 0.250. The monoisotopic (exact) mass is 429 g/mol. The van der Waals surface area contributed by atoms with E-state index in [1.807, 2.05) is 25.1 Å². The number of nitrogens with zero attached hydrogens (tertiary/aromatic N) is 3. The molecule has 0 bridgehead atoms. The van der Waals surface area contributed by atoms with Gasteiger partial charge in [-0.25, -0.2) is 17.8 Å². The van der Waals surface area contributed by atoms with E-state index in [1.54, 1.807) is 17.6 Å². The third-order valence-electron chi connectivity index (χ3n) is 5.82. The smallest absolute Gasteiger partial charge is 0.261 e. The molecule has 4 rings (SSSR count). The average Bonchev–Trinajstić information content (AvgIpc) is 2.71. The number of para-hydroxylation sites is 1. The summed E-state index contributed by atoms with van der Waals surface area (Å²) >= 11 is 0. The van der Waals surface area contributed by atoms with Gasteiger partial charge in [0, 0.05) is 19.6 Å². The molecular weight excluding hydrogens is 405 g/mol. The second kappa shape index (κ2) is 7.92. The van der Waals surface area contributed by atoms with E-state index in [0.717, 1.165) is 0 Å². The van der Waals surface area contributed by atoms with Crippen LogP contribution in [0.25, 0.3) is 10.9 Å². The molecule has 8 heteroatoms. The fourth-order valence-electron chi connectivity index (χ4n) is 4.13. The number of hydrogen-bond acceptors (Lipinski definition) is 4. The Morgan fingerprint density at radius 1 is 1.10 bits per heavy atom. The molecule has 3 aromatic rings. The van der Waals surface area contributed by atoms with Crippen molar-refractivity contribution in [1.82, 2.24) is 13.9 Å². The Kier molecular flexibility index (Phi) is 5.46. The second-order valence-corrected chi connectivity index (χ2v) is 9.76. The number of piperidine rings is 1. The molecule has 0 N–H and O–H groups in total. The number of hydrogen-bond donors (Lipinski definition) is 0. The van der Waals surface area contributed by atoms with Crippen LogP contribution in [0.2, 0.25) is 0 Å². The number of halogens is 1. The molecule has 1 fully saturated rings. The third kappa shape index (κ3) is 3.77. The van der Waals surface area contributed by atoms with Crippen LogP contribution in [0.4, 0.5) is 4.39 Å². The summed E-state index contributed by atoms with van der Waals surface area (Å²) in [7, 11) is -3.67. The summed E-state index contributed by atoms with van der Waals surface area (Å²) in [6.45, 7) is 4.69. The van der Waals surface area contributed by atoms with Gasteiger partial charge in [0.1, 0.15) is 11.6 Å². The second-order valence-electron chi connectivity index (χ2n) is 7.85. The van der Waals surface area contributed by atoms with Gasteiger partial charge in [-0.2, -0.15) is 4.31 Å². The van der Waals surface area contributed by atoms with Crippen LogP contribution in [0, 0.1) is 25.6 Å². The van der Waals surface area contributed by atoms with Crippen LogP contribution in [0.5, 0.6) is 0 Å². The van der Waals surface area contributed by atoms with Crippen LogP contribution in [0.15, 0.2) is 52.2 Å². The van der Waals surface area contributed by atoms with Crippen molar-refractivity contribution in [3.05, 3.63) is 70.0 Å². The number of aromatic nitrogens is 2. The molecule has 0 unspecified atom stereocenters. The van der Waals surface area contributed by atoms with Crippen LogP contribution < -0.4 is 5.56 Å². The minimum absolute atomic E-state index is 0.0601. The van der Waals surface area contributed by atoms with E-state index >= 15 is 0 Å². The molecule has 30 heavy (non-hydrogen) atoms. The van der Waals surface area contributed by atoms with E-state index in [9.17, 15) is 17.6 Å². The summed E-state index contributed by atoms with van der Waals surface area (Å²) < 4.78 is 42.5. The van der Waals surface area contributed by atoms with Crippen molar-refractivity contribution in [1.29, 1.82) is 0 Å². The molecule has 2 heterocycles. The minimum Gasteiger partial charge on any atom is -0.296 e. The summed E-state index contributed by atoms with van der Waals surface area (Å²) in [5.74, 6) is 0.399. The molecule has 0 aliphatic carbocycles. The molecule has 1 aromatic heterocycles. The van der Waals surface area contributed by atoms with Gasteiger partial charge in [0.25, 0.3) is 5.56 Å². The number of sulfonamides is 1. The van der Waals surface area contributed by atoms with Crippen LogP contribution in [0.1, 0.15) is 24.2 Å². The first-order valence-electron chi connectivity index (χ1n) is 10.00. The minimum atomic E-state index is -3.67. The highest BCUT2D eigenvalue weighted by Crippen LogP contribution is 2.27. The summed E-state index contributed by atoms with van der Waals surface area (Å²) in [5.41, 5.74) is 1.03. The maximum Gasteiger partial charge on any atom is 0.261 e. The summed E-state index contributed by atoms with van der Waals surface area (Å²) in [6, 6.07) is 11.0. The summed E-state index contributed by atoms with van der Waals surface area (Å²) in [5, 5.41) is 0.592. The highest BCUT2D eigenvalue weighted by Gasteiger charge is 2.31. The van der Waals surface area contributed by atoms with Gasteiger partial charge >= 0.3 is 0 Å². The zero-order valence-electron chi connectivity index (χ0n) is 17.0. The molecule has 0 spiro atoms. The van der Waals surface area contributed by atoms with E-state index in [-0.39, 0.29) is 16.4 Å². The van der Waals surface area contributed by atoms with E-state index in [0.29, 0.717) is 54.8 Å². The Bertz CT molecular complexity index is 1260. The van der Waals surface area contributed by atoms with Gasteiger partial charge in [0.2, 0.25) is 10.0 Å². The molecule has 1 saturated heterocycles. The van der Waals surface area contributed by atoms with Gasteiger partial charge in [-0.15, -0.1) is 0 Å². The number of fused-ring (bicyclic) bond motifs is 1. The van der Waals surface area contributed by atoms with Crippen LogP contribution in [-0.4, -0.2) is 35.4 Å². The summed E-state index contributed by atoms with van der Waals surface area (Å²) in [4.78, 5) is 17.6. The lowest BCUT2D eigenvalue weighted by Gasteiger charge is -2.32. The van der Waals surface area contributed by atoms with Crippen molar-refractivity contribution in [2.45, 2.75) is 38.1 Å². The molecule has 0 amide bonds. The average molecular weight is 430 g/mol. The molecule has 0 saturated carbocycles. The lowest BCUT2D eigenvalue weighted by Crippen LogP contribution is -2.40. The van der Waals surface area contributed by atoms with Crippen LogP contribution >= 0.6 is 0 Å². The first kappa shape index (κ1) is 20.7. The van der Waals surface area contributed by atoms with Crippen molar-refractivity contribution in [2.24, 2.45) is 5.92 Å². The maximum atomic E-state index is 13.4. The quantitative estimate of drug-likeness (QED) is 0.638. The van der Waals surface area contributed by atoms with Gasteiger partial charge in [-0.1, -0.05) is 12.1 Å². The van der Waals surface area contributed by atoms with Crippen molar-refractivity contribution >= 4 is 20.9 Å². The van der Waals surface area contributed by atoms with Gasteiger partial charge < -0.3 is 0 Å². The maximum absolute atomic E-state index is 13.4. The molecule has 2 aromatic carbocycles. The number of benzene rings is 2. The van der Waals surface area contributed by atoms with E-state index < -0.39 is 15.8 Å². The van der Waals surface area contributed by atoms with Crippen molar-refractivity contribution in [3.8, 4) is 0 Å². The summed E-state index contributed by atoms with van der Waals surface area (Å²) in [6.07, 6.45) is 1.30. The number of aryl methyl sites for hydroxylation is 2. The largest absolute Gasteiger partial charge is 0.296 e. The highest BCUT2D eigenvalue weighted by atomic mass is 32.2. The first-order chi connectivity index (χ1) is 14.3. The SMILES string of the molecule is Cc1cc(F)ccc1S(=O)(=O)N1CCC(Cn2c(C)nc3ccccc3c2=O)CC1. The lowest BCUT2D eigenvalue weighted by atomic mass is 9.98.